The number of carbonyl (C=O) groups is 3. The van der Waals surface area contributed by atoms with Crippen molar-refractivity contribution in [2.45, 2.75) is 90.7 Å². The Bertz CT molecular complexity index is 599. The number of carbonyl (C=O) groups excluding carboxylic acids is 3. The van der Waals surface area contributed by atoms with Crippen LogP contribution in [-0.2, 0) is 14.4 Å². The van der Waals surface area contributed by atoms with E-state index in [0.717, 1.165) is 62.5 Å². The number of rotatable bonds is 22. The number of unbranched alkanes of at least 4 members (excludes halogenated alkanes) is 2. The van der Waals surface area contributed by atoms with Crippen LogP contribution >= 0.6 is 43.2 Å². The van der Waals surface area contributed by atoms with E-state index in [1.807, 2.05) is 38.6 Å². The summed E-state index contributed by atoms with van der Waals surface area (Å²) >= 11 is 0. The lowest BCUT2D eigenvalue weighted by atomic mass is 9.88. The van der Waals surface area contributed by atoms with Gasteiger partial charge in [-0.2, -0.15) is 0 Å². The van der Waals surface area contributed by atoms with Crippen molar-refractivity contribution in [2.24, 2.45) is 5.41 Å². The van der Waals surface area contributed by atoms with Crippen molar-refractivity contribution in [2.75, 3.05) is 43.9 Å². The molecular weight excluding hydrogens is 519 g/mol. The fourth-order valence-corrected chi connectivity index (χ4v) is 7.43. The van der Waals surface area contributed by atoms with Gasteiger partial charge in [-0.15, -0.1) is 0 Å². The third-order valence-electron chi connectivity index (χ3n) is 5.15. The third kappa shape index (κ3) is 22.9. The Morgan fingerprint density at radius 1 is 0.657 bits per heavy atom. The Morgan fingerprint density at radius 2 is 1.29 bits per heavy atom. The van der Waals surface area contributed by atoms with E-state index in [9.17, 15) is 14.4 Å². The van der Waals surface area contributed by atoms with E-state index >= 15 is 0 Å². The van der Waals surface area contributed by atoms with Gasteiger partial charge in [0.05, 0.1) is 0 Å². The molecule has 0 unspecified atom stereocenters. The maximum Gasteiger partial charge on any atom is 0.220 e. The number of nitrogens with one attached hydrogen (secondary N) is 3. The molecule has 0 aliphatic rings. The standard InChI is InChI=1S/C25H49N3O3S4/c1-24(2,3)21(29)11-8-7-9-15-27-23(31)13-18-34-35-25(4,5)14-10-12-22(30)28-17-20-33-32-19-16-26-6/h26H,7-20H2,1-6H3,(H,27,31)(H,28,30). The van der Waals surface area contributed by atoms with Gasteiger partial charge in [-0.1, -0.05) is 70.4 Å². The van der Waals surface area contributed by atoms with Crippen LogP contribution in [0.5, 0.6) is 0 Å². The number of amides is 2. The second kappa shape index (κ2) is 21.0. The number of Topliss-reactive ketones (excluding diaryl/α,β-unsaturated/α-hetero) is 1. The lowest BCUT2D eigenvalue weighted by molar-refractivity contribution is -0.126. The van der Waals surface area contributed by atoms with Crippen LogP contribution in [0.15, 0.2) is 0 Å². The smallest absolute Gasteiger partial charge is 0.220 e. The molecule has 6 nitrogen and oxygen atoms in total. The van der Waals surface area contributed by atoms with Crippen LogP contribution in [0.3, 0.4) is 0 Å². The van der Waals surface area contributed by atoms with Gasteiger partial charge in [-0.25, -0.2) is 0 Å². The summed E-state index contributed by atoms with van der Waals surface area (Å²) in [5.41, 5.74) is -0.253. The first-order chi connectivity index (χ1) is 16.5. The van der Waals surface area contributed by atoms with Gasteiger partial charge >= 0.3 is 0 Å². The molecular formula is C25H49N3O3S4. The topological polar surface area (TPSA) is 87.3 Å². The number of hydrogen-bond acceptors (Lipinski definition) is 8. The predicted molar refractivity (Wildman–Crippen MR) is 160 cm³/mol. The predicted octanol–water partition coefficient (Wildman–Crippen LogP) is 5.72. The molecule has 10 heteroatoms. The highest BCUT2D eigenvalue weighted by molar-refractivity contribution is 8.77. The van der Waals surface area contributed by atoms with Crippen molar-refractivity contribution in [1.29, 1.82) is 0 Å². The molecule has 0 heterocycles. The van der Waals surface area contributed by atoms with E-state index < -0.39 is 0 Å². The summed E-state index contributed by atoms with van der Waals surface area (Å²) < 4.78 is 0.0751. The van der Waals surface area contributed by atoms with Crippen molar-refractivity contribution in [3.8, 4) is 0 Å². The van der Waals surface area contributed by atoms with Gasteiger partial charge in [-0.05, 0) is 46.6 Å². The summed E-state index contributed by atoms with van der Waals surface area (Å²) in [5, 5.41) is 9.10. The van der Waals surface area contributed by atoms with E-state index in [0.29, 0.717) is 31.6 Å². The second-order valence-corrected chi connectivity index (χ2v) is 16.0. The van der Waals surface area contributed by atoms with Gasteiger partial charge in [0, 0.05) is 66.3 Å². The molecule has 2 amide bonds. The first kappa shape index (κ1) is 35.0. The molecule has 0 fully saturated rings. The molecule has 0 aromatic rings. The molecule has 0 aromatic carbocycles. The van der Waals surface area contributed by atoms with E-state index in [4.69, 9.17) is 0 Å². The average molecular weight is 568 g/mol. The minimum atomic E-state index is -0.253. The summed E-state index contributed by atoms with van der Waals surface area (Å²) in [7, 11) is 9.12. The quantitative estimate of drug-likeness (QED) is 0.113. The summed E-state index contributed by atoms with van der Waals surface area (Å²) in [5.74, 6) is 3.33. The molecule has 0 saturated carbocycles. The molecule has 0 spiro atoms. The minimum absolute atomic E-state index is 0.0751. The van der Waals surface area contributed by atoms with E-state index in [1.165, 1.54) is 0 Å². The fraction of sp³-hybridized carbons (Fsp3) is 0.880. The monoisotopic (exact) mass is 567 g/mol. The van der Waals surface area contributed by atoms with Crippen molar-refractivity contribution < 1.29 is 14.4 Å². The molecule has 0 radical (unpaired) electrons. The largest absolute Gasteiger partial charge is 0.356 e. The van der Waals surface area contributed by atoms with Crippen molar-refractivity contribution in [3.63, 3.8) is 0 Å². The van der Waals surface area contributed by atoms with Gasteiger partial charge in [-0.3, -0.25) is 14.4 Å². The first-order valence-electron chi connectivity index (χ1n) is 12.7. The van der Waals surface area contributed by atoms with Crippen LogP contribution in [0.25, 0.3) is 0 Å². The lowest BCUT2D eigenvalue weighted by Crippen LogP contribution is -2.26. The highest BCUT2D eigenvalue weighted by Gasteiger charge is 2.20. The molecule has 0 bridgehead atoms. The molecule has 0 saturated heterocycles. The maximum absolute atomic E-state index is 12.0. The highest BCUT2D eigenvalue weighted by atomic mass is 33.1. The van der Waals surface area contributed by atoms with E-state index in [2.05, 4.69) is 29.8 Å². The summed E-state index contributed by atoms with van der Waals surface area (Å²) in [6, 6.07) is 0. The highest BCUT2D eigenvalue weighted by Crippen LogP contribution is 2.39. The Balaban J connectivity index is 3.67. The fourth-order valence-electron chi connectivity index (χ4n) is 2.91. The van der Waals surface area contributed by atoms with Gasteiger partial charge in [0.2, 0.25) is 11.8 Å². The normalized spacial score (nSPS) is 11.9. The van der Waals surface area contributed by atoms with Crippen LogP contribution in [-0.4, -0.2) is 66.3 Å². The molecule has 0 rings (SSSR count). The summed E-state index contributed by atoms with van der Waals surface area (Å²) in [4.78, 5) is 35.9. The van der Waals surface area contributed by atoms with Gasteiger partial charge in [0.1, 0.15) is 5.78 Å². The SMILES string of the molecule is CNCCSSCCNC(=O)CCCC(C)(C)SSCCC(=O)NCCCCCC(=O)C(C)(C)C. The Kier molecular flexibility index (Phi) is 20.9. The Labute approximate surface area is 230 Å². The van der Waals surface area contributed by atoms with Crippen LogP contribution < -0.4 is 16.0 Å². The van der Waals surface area contributed by atoms with Gasteiger partial charge in [0.25, 0.3) is 0 Å². The molecule has 206 valence electrons. The van der Waals surface area contributed by atoms with Crippen LogP contribution in [0.4, 0.5) is 0 Å². The average Bonchev–Trinajstić information content (AvgIpc) is 2.77. The minimum Gasteiger partial charge on any atom is -0.356 e. The van der Waals surface area contributed by atoms with Crippen LogP contribution in [0, 0.1) is 5.41 Å². The molecule has 0 aliphatic heterocycles. The van der Waals surface area contributed by atoms with Crippen LogP contribution in [0.2, 0.25) is 0 Å². The second-order valence-electron chi connectivity index (χ2n) is 10.2. The van der Waals surface area contributed by atoms with Crippen molar-refractivity contribution in [1.82, 2.24) is 16.0 Å². The molecule has 35 heavy (non-hydrogen) atoms. The van der Waals surface area contributed by atoms with E-state index in [-0.39, 0.29) is 22.0 Å². The number of hydrogen-bond donors (Lipinski definition) is 3. The lowest BCUT2D eigenvalue weighted by Gasteiger charge is -2.23. The molecule has 0 aliphatic carbocycles. The molecule has 0 atom stereocenters. The van der Waals surface area contributed by atoms with Crippen molar-refractivity contribution >= 4 is 60.8 Å². The van der Waals surface area contributed by atoms with Crippen molar-refractivity contribution in [3.05, 3.63) is 0 Å². The zero-order chi connectivity index (χ0) is 26.6. The zero-order valence-electron chi connectivity index (χ0n) is 22.8. The third-order valence-corrected chi connectivity index (χ3v) is 10.9. The Morgan fingerprint density at radius 3 is 1.94 bits per heavy atom. The van der Waals surface area contributed by atoms with Gasteiger partial charge in [0.15, 0.2) is 0 Å². The summed E-state index contributed by atoms with van der Waals surface area (Å²) in [6.45, 7) is 12.7. The maximum atomic E-state index is 12.0. The first-order valence-corrected chi connectivity index (χ1v) is 17.5. The van der Waals surface area contributed by atoms with Gasteiger partial charge < -0.3 is 16.0 Å². The summed E-state index contributed by atoms with van der Waals surface area (Å²) in [6.07, 6.45) is 6.33. The number of ketones is 1. The van der Waals surface area contributed by atoms with E-state index in [1.54, 1.807) is 32.4 Å². The molecule has 0 aromatic heterocycles. The van der Waals surface area contributed by atoms with Crippen LogP contribution in [0.1, 0.15) is 86.0 Å². The Hall–Kier alpha value is -0.0300. The zero-order valence-corrected chi connectivity index (χ0v) is 26.0. The molecule has 3 N–H and O–H groups in total.